The van der Waals surface area contributed by atoms with Crippen LogP contribution in [0.1, 0.15) is 5.69 Å². The first-order valence-electron chi connectivity index (χ1n) is 5.10. The predicted molar refractivity (Wildman–Crippen MR) is 60.2 cm³/mol. The lowest BCUT2D eigenvalue weighted by molar-refractivity contribution is -0.142. The molecule has 0 atom stereocenters. The maximum atomic E-state index is 13.0. The molecule has 1 aromatic carbocycles. The van der Waals surface area contributed by atoms with Gasteiger partial charge in [0.15, 0.2) is 5.69 Å². The number of hydrogen-bond acceptors (Lipinski definition) is 2. The van der Waals surface area contributed by atoms with Crippen LogP contribution in [0.4, 0.5) is 23.7 Å². The van der Waals surface area contributed by atoms with Gasteiger partial charge in [0, 0.05) is 0 Å². The quantitative estimate of drug-likeness (QED) is 0.882. The number of amides is 1. The number of carbonyl (C=O) groups is 1. The highest BCUT2D eigenvalue weighted by molar-refractivity contribution is 5.83. The third-order valence-corrected chi connectivity index (χ3v) is 2.28. The first kappa shape index (κ1) is 12.9. The van der Waals surface area contributed by atoms with Crippen LogP contribution in [0.2, 0.25) is 0 Å². The number of benzene rings is 1. The minimum absolute atomic E-state index is 0.188. The standard InChI is InChI=1S/C11H8F3N3O2/c12-11(13,14)9-8(16-10(18)19)6-15-17(9)7-4-2-1-3-5-7/h1-6,16H,(H,18,19). The maximum absolute atomic E-state index is 13.0. The summed E-state index contributed by atoms with van der Waals surface area (Å²) < 4.78 is 39.6. The van der Waals surface area contributed by atoms with Crippen LogP contribution in [-0.4, -0.2) is 21.0 Å². The van der Waals surface area contributed by atoms with Gasteiger partial charge in [0.1, 0.15) is 0 Å². The highest BCUT2D eigenvalue weighted by atomic mass is 19.4. The van der Waals surface area contributed by atoms with Crippen molar-refractivity contribution in [1.82, 2.24) is 9.78 Å². The van der Waals surface area contributed by atoms with Crippen molar-refractivity contribution in [3.63, 3.8) is 0 Å². The molecule has 2 aromatic rings. The minimum Gasteiger partial charge on any atom is -0.465 e. The Morgan fingerprint density at radius 1 is 1.26 bits per heavy atom. The van der Waals surface area contributed by atoms with E-state index in [0.29, 0.717) is 4.68 Å². The Hall–Kier alpha value is -2.51. The van der Waals surface area contributed by atoms with Crippen molar-refractivity contribution in [2.45, 2.75) is 6.18 Å². The first-order valence-corrected chi connectivity index (χ1v) is 5.10. The Labute approximate surface area is 105 Å². The lowest BCUT2D eigenvalue weighted by Crippen LogP contribution is -2.17. The number of nitrogens with one attached hydrogen (secondary N) is 1. The summed E-state index contributed by atoms with van der Waals surface area (Å²) in [6.45, 7) is 0. The lowest BCUT2D eigenvalue weighted by atomic mass is 10.3. The van der Waals surface area contributed by atoms with E-state index in [1.165, 1.54) is 12.1 Å². The number of carboxylic acid groups (broad SMARTS) is 1. The SMILES string of the molecule is O=C(O)Nc1cnn(-c2ccccc2)c1C(F)(F)F. The van der Waals surface area contributed by atoms with E-state index >= 15 is 0 Å². The largest absolute Gasteiger partial charge is 0.465 e. The molecule has 0 saturated carbocycles. The number of hydrogen-bond donors (Lipinski definition) is 2. The number of halogens is 3. The molecule has 0 aliphatic rings. The summed E-state index contributed by atoms with van der Waals surface area (Å²) in [7, 11) is 0. The molecular weight excluding hydrogens is 263 g/mol. The zero-order chi connectivity index (χ0) is 14.0. The van der Waals surface area contributed by atoms with Crippen molar-refractivity contribution in [3.05, 3.63) is 42.2 Å². The van der Waals surface area contributed by atoms with Crippen molar-refractivity contribution in [1.29, 1.82) is 0 Å². The van der Waals surface area contributed by atoms with Gasteiger partial charge in [0.25, 0.3) is 0 Å². The number of alkyl halides is 3. The topological polar surface area (TPSA) is 67.2 Å². The fourth-order valence-electron chi connectivity index (χ4n) is 1.59. The Balaban J connectivity index is 2.57. The summed E-state index contributed by atoms with van der Waals surface area (Å²) >= 11 is 0. The van der Waals surface area contributed by atoms with Gasteiger partial charge in [0.2, 0.25) is 0 Å². The second-order valence-electron chi connectivity index (χ2n) is 3.58. The van der Waals surface area contributed by atoms with Gasteiger partial charge < -0.3 is 5.11 Å². The van der Waals surface area contributed by atoms with Crippen LogP contribution < -0.4 is 5.32 Å². The van der Waals surface area contributed by atoms with E-state index in [1.54, 1.807) is 23.5 Å². The van der Waals surface area contributed by atoms with Crippen LogP contribution in [0.15, 0.2) is 36.5 Å². The van der Waals surface area contributed by atoms with Crippen molar-refractivity contribution in [2.24, 2.45) is 0 Å². The molecule has 0 radical (unpaired) electrons. The molecule has 1 amide bonds. The molecule has 0 bridgehead atoms. The van der Waals surface area contributed by atoms with Crippen LogP contribution in [0.5, 0.6) is 0 Å². The van der Waals surface area contributed by atoms with Gasteiger partial charge in [-0.15, -0.1) is 0 Å². The monoisotopic (exact) mass is 271 g/mol. The number of nitrogens with zero attached hydrogens (tertiary/aromatic N) is 2. The molecule has 1 heterocycles. The third-order valence-electron chi connectivity index (χ3n) is 2.28. The summed E-state index contributed by atoms with van der Waals surface area (Å²) in [4.78, 5) is 10.5. The van der Waals surface area contributed by atoms with E-state index in [4.69, 9.17) is 5.11 Å². The first-order chi connectivity index (χ1) is 8.89. The molecule has 2 rings (SSSR count). The Morgan fingerprint density at radius 3 is 2.42 bits per heavy atom. The summed E-state index contributed by atoms with van der Waals surface area (Å²) in [6, 6.07) is 7.64. The van der Waals surface area contributed by atoms with Gasteiger partial charge in [-0.2, -0.15) is 18.3 Å². The molecule has 0 unspecified atom stereocenters. The van der Waals surface area contributed by atoms with Gasteiger partial charge in [-0.05, 0) is 12.1 Å². The zero-order valence-electron chi connectivity index (χ0n) is 9.35. The minimum atomic E-state index is -4.73. The molecular formula is C11H8F3N3O2. The van der Waals surface area contributed by atoms with E-state index in [9.17, 15) is 18.0 Å². The Morgan fingerprint density at radius 2 is 1.89 bits per heavy atom. The molecule has 100 valence electrons. The Kier molecular flexibility index (Phi) is 3.16. The molecule has 1 aromatic heterocycles. The zero-order valence-corrected chi connectivity index (χ0v) is 9.35. The van der Waals surface area contributed by atoms with Crippen LogP contribution in [0, 0.1) is 0 Å². The molecule has 0 spiro atoms. The van der Waals surface area contributed by atoms with E-state index in [-0.39, 0.29) is 5.69 Å². The van der Waals surface area contributed by atoms with E-state index in [0.717, 1.165) is 6.20 Å². The van der Waals surface area contributed by atoms with E-state index in [2.05, 4.69) is 5.10 Å². The van der Waals surface area contributed by atoms with Crippen LogP contribution in [0.3, 0.4) is 0 Å². The van der Waals surface area contributed by atoms with Crippen molar-refractivity contribution >= 4 is 11.8 Å². The number of anilines is 1. The van der Waals surface area contributed by atoms with Crippen molar-refractivity contribution < 1.29 is 23.1 Å². The second-order valence-corrected chi connectivity index (χ2v) is 3.58. The van der Waals surface area contributed by atoms with Crippen molar-refractivity contribution in [2.75, 3.05) is 5.32 Å². The number of aromatic nitrogens is 2. The Bertz CT molecular complexity index is 593. The van der Waals surface area contributed by atoms with E-state index in [1.807, 2.05) is 0 Å². The van der Waals surface area contributed by atoms with Gasteiger partial charge in [0.05, 0.1) is 17.6 Å². The average Bonchev–Trinajstić information content (AvgIpc) is 2.72. The summed E-state index contributed by atoms with van der Waals surface area (Å²) in [5, 5.41) is 13.8. The van der Waals surface area contributed by atoms with Crippen LogP contribution in [-0.2, 0) is 6.18 Å². The average molecular weight is 271 g/mol. The molecule has 5 nitrogen and oxygen atoms in total. The van der Waals surface area contributed by atoms with E-state index < -0.39 is 23.7 Å². The molecule has 2 N–H and O–H groups in total. The molecule has 0 aliphatic carbocycles. The highest BCUT2D eigenvalue weighted by Crippen LogP contribution is 2.36. The molecule has 19 heavy (non-hydrogen) atoms. The molecule has 0 saturated heterocycles. The summed E-state index contributed by atoms with van der Waals surface area (Å²) in [6.07, 6.45) is -5.49. The lowest BCUT2D eigenvalue weighted by Gasteiger charge is -2.12. The van der Waals surface area contributed by atoms with Gasteiger partial charge in [-0.25, -0.2) is 9.48 Å². The van der Waals surface area contributed by atoms with Crippen LogP contribution in [0.25, 0.3) is 5.69 Å². The smallest absolute Gasteiger partial charge is 0.435 e. The third kappa shape index (κ3) is 2.67. The van der Waals surface area contributed by atoms with Crippen LogP contribution >= 0.6 is 0 Å². The fraction of sp³-hybridized carbons (Fsp3) is 0.0909. The second kappa shape index (κ2) is 4.63. The van der Waals surface area contributed by atoms with Gasteiger partial charge in [-0.3, -0.25) is 5.32 Å². The number of para-hydroxylation sites is 1. The summed E-state index contributed by atoms with van der Waals surface area (Å²) in [5.41, 5.74) is -1.58. The van der Waals surface area contributed by atoms with Gasteiger partial charge >= 0.3 is 12.3 Å². The predicted octanol–water partition coefficient (Wildman–Crippen LogP) is 2.98. The maximum Gasteiger partial charge on any atom is 0.435 e. The molecule has 0 fully saturated rings. The highest BCUT2D eigenvalue weighted by Gasteiger charge is 2.39. The summed E-state index contributed by atoms with van der Waals surface area (Å²) in [5.74, 6) is 0. The fourth-order valence-corrected chi connectivity index (χ4v) is 1.59. The van der Waals surface area contributed by atoms with Gasteiger partial charge in [-0.1, -0.05) is 18.2 Å². The molecule has 8 heteroatoms. The normalized spacial score (nSPS) is 11.3. The molecule has 0 aliphatic heterocycles. The van der Waals surface area contributed by atoms with Crippen molar-refractivity contribution in [3.8, 4) is 5.69 Å². The number of rotatable bonds is 2.